The summed E-state index contributed by atoms with van der Waals surface area (Å²) in [6, 6.07) is 7.18. The number of hydrogen-bond donors (Lipinski definition) is 2. The molecule has 0 bridgehead atoms. The van der Waals surface area contributed by atoms with Crippen molar-refractivity contribution in [2.24, 2.45) is 0 Å². The maximum atomic E-state index is 11.0. The summed E-state index contributed by atoms with van der Waals surface area (Å²) in [7, 11) is 0. The van der Waals surface area contributed by atoms with E-state index in [9.17, 15) is 9.90 Å². The van der Waals surface area contributed by atoms with Crippen molar-refractivity contribution in [1.82, 2.24) is 0 Å². The van der Waals surface area contributed by atoms with Gasteiger partial charge >= 0.3 is 5.97 Å². The summed E-state index contributed by atoms with van der Waals surface area (Å²) in [5, 5.41) is 21.0. The molecule has 1 aromatic carbocycles. The third-order valence-electron chi connectivity index (χ3n) is 3.02. The van der Waals surface area contributed by atoms with Crippen molar-refractivity contribution in [2.45, 2.75) is 20.0 Å². The monoisotopic (exact) mass is 262 g/mol. The quantitative estimate of drug-likeness (QED) is 0.893. The number of thiophene rings is 1. The number of carboxylic acids is 1. The molecule has 0 aliphatic carbocycles. The maximum Gasteiger partial charge on any atom is 0.336 e. The van der Waals surface area contributed by atoms with Crippen molar-refractivity contribution in [1.29, 1.82) is 0 Å². The smallest absolute Gasteiger partial charge is 0.336 e. The van der Waals surface area contributed by atoms with Gasteiger partial charge < -0.3 is 10.2 Å². The highest BCUT2D eigenvalue weighted by Gasteiger charge is 2.20. The Hall–Kier alpha value is -1.65. The Kier molecular flexibility index (Phi) is 3.50. The van der Waals surface area contributed by atoms with E-state index in [0.29, 0.717) is 4.88 Å². The Bertz CT molecular complexity index is 586. The predicted molar refractivity (Wildman–Crippen MR) is 71.3 cm³/mol. The van der Waals surface area contributed by atoms with Crippen molar-refractivity contribution >= 4 is 17.3 Å². The van der Waals surface area contributed by atoms with Crippen LogP contribution in [0.2, 0.25) is 0 Å². The van der Waals surface area contributed by atoms with E-state index in [1.165, 1.54) is 17.4 Å². The van der Waals surface area contributed by atoms with Crippen molar-refractivity contribution in [3.05, 3.63) is 56.8 Å². The SMILES string of the molecule is Cc1ccc(C(O)c2sccc2C(=O)O)cc1C. The van der Waals surface area contributed by atoms with Crippen LogP contribution in [-0.2, 0) is 0 Å². The Labute approximate surface area is 109 Å². The molecule has 1 atom stereocenters. The summed E-state index contributed by atoms with van der Waals surface area (Å²) in [6.07, 6.45) is -0.879. The third kappa shape index (κ3) is 2.30. The van der Waals surface area contributed by atoms with Crippen LogP contribution in [0.15, 0.2) is 29.6 Å². The van der Waals surface area contributed by atoms with E-state index in [1.54, 1.807) is 5.38 Å². The van der Waals surface area contributed by atoms with Gasteiger partial charge in [0.25, 0.3) is 0 Å². The average Bonchev–Trinajstić information content (AvgIpc) is 2.81. The molecule has 0 fully saturated rings. The lowest BCUT2D eigenvalue weighted by Crippen LogP contribution is -2.05. The predicted octanol–water partition coefficient (Wildman–Crippen LogP) is 3.14. The maximum absolute atomic E-state index is 11.0. The van der Waals surface area contributed by atoms with Crippen LogP contribution < -0.4 is 0 Å². The van der Waals surface area contributed by atoms with Crippen LogP contribution in [-0.4, -0.2) is 16.2 Å². The van der Waals surface area contributed by atoms with Crippen LogP contribution in [0.1, 0.15) is 38.0 Å². The topological polar surface area (TPSA) is 57.5 Å². The van der Waals surface area contributed by atoms with E-state index in [-0.39, 0.29) is 5.56 Å². The summed E-state index contributed by atoms with van der Waals surface area (Å²) in [4.78, 5) is 11.5. The van der Waals surface area contributed by atoms with Gasteiger partial charge in [0.1, 0.15) is 6.10 Å². The van der Waals surface area contributed by atoms with Gasteiger partial charge in [-0.2, -0.15) is 0 Å². The van der Waals surface area contributed by atoms with E-state index in [1.807, 2.05) is 32.0 Å². The molecule has 3 nitrogen and oxygen atoms in total. The molecular formula is C14H14O3S. The first-order valence-electron chi connectivity index (χ1n) is 5.56. The van der Waals surface area contributed by atoms with Crippen LogP contribution in [0.3, 0.4) is 0 Å². The average molecular weight is 262 g/mol. The van der Waals surface area contributed by atoms with Crippen LogP contribution in [0.4, 0.5) is 0 Å². The second kappa shape index (κ2) is 4.92. The van der Waals surface area contributed by atoms with Gasteiger partial charge in [-0.05, 0) is 42.0 Å². The molecule has 2 aromatic rings. The van der Waals surface area contributed by atoms with Gasteiger partial charge in [-0.25, -0.2) is 4.79 Å². The first-order chi connectivity index (χ1) is 8.50. The van der Waals surface area contributed by atoms with E-state index >= 15 is 0 Å². The van der Waals surface area contributed by atoms with Crippen LogP contribution in [0.5, 0.6) is 0 Å². The van der Waals surface area contributed by atoms with E-state index in [4.69, 9.17) is 5.11 Å². The molecule has 0 radical (unpaired) electrons. The molecular weight excluding hydrogens is 248 g/mol. The van der Waals surface area contributed by atoms with Gasteiger partial charge in [-0.15, -0.1) is 11.3 Å². The zero-order valence-electron chi connectivity index (χ0n) is 10.2. The lowest BCUT2D eigenvalue weighted by Gasteiger charge is -2.12. The minimum Gasteiger partial charge on any atom is -0.478 e. The van der Waals surface area contributed by atoms with Gasteiger partial charge in [0, 0.05) is 0 Å². The summed E-state index contributed by atoms with van der Waals surface area (Å²) in [5.74, 6) is -1.01. The molecule has 4 heteroatoms. The second-order valence-corrected chi connectivity index (χ2v) is 5.20. The fourth-order valence-electron chi connectivity index (χ4n) is 1.80. The first-order valence-corrected chi connectivity index (χ1v) is 6.44. The lowest BCUT2D eigenvalue weighted by molar-refractivity contribution is 0.0692. The van der Waals surface area contributed by atoms with Crippen molar-refractivity contribution in [2.75, 3.05) is 0 Å². The Morgan fingerprint density at radius 2 is 1.94 bits per heavy atom. The number of aliphatic hydroxyl groups excluding tert-OH is 1. The minimum absolute atomic E-state index is 0.172. The molecule has 0 aliphatic heterocycles. The fourth-order valence-corrected chi connectivity index (χ4v) is 2.69. The lowest BCUT2D eigenvalue weighted by atomic mass is 10.0. The standard InChI is InChI=1S/C14H14O3S/c1-8-3-4-10(7-9(8)2)12(15)13-11(14(16)17)5-6-18-13/h3-7,12,15H,1-2H3,(H,16,17). The molecule has 0 aliphatic rings. The van der Waals surface area contributed by atoms with Crippen molar-refractivity contribution in [3.63, 3.8) is 0 Å². The molecule has 2 rings (SSSR count). The van der Waals surface area contributed by atoms with Gasteiger partial charge in [0.2, 0.25) is 0 Å². The highest BCUT2D eigenvalue weighted by atomic mass is 32.1. The van der Waals surface area contributed by atoms with Gasteiger partial charge in [0.15, 0.2) is 0 Å². The highest BCUT2D eigenvalue weighted by molar-refractivity contribution is 7.10. The molecule has 0 amide bonds. The Balaban J connectivity index is 2.41. The molecule has 0 saturated carbocycles. The zero-order valence-corrected chi connectivity index (χ0v) is 11.0. The number of hydrogen-bond acceptors (Lipinski definition) is 3. The van der Waals surface area contributed by atoms with Gasteiger partial charge in [-0.3, -0.25) is 0 Å². The Morgan fingerprint density at radius 3 is 2.56 bits per heavy atom. The molecule has 1 unspecified atom stereocenters. The number of benzene rings is 1. The number of carbonyl (C=O) groups is 1. The number of aliphatic hydroxyl groups is 1. The largest absolute Gasteiger partial charge is 0.478 e. The van der Waals surface area contributed by atoms with Crippen molar-refractivity contribution < 1.29 is 15.0 Å². The minimum atomic E-state index is -1.01. The van der Waals surface area contributed by atoms with E-state index in [2.05, 4.69) is 0 Å². The highest BCUT2D eigenvalue weighted by Crippen LogP contribution is 2.30. The third-order valence-corrected chi connectivity index (χ3v) is 3.99. The Morgan fingerprint density at radius 1 is 1.22 bits per heavy atom. The van der Waals surface area contributed by atoms with E-state index in [0.717, 1.165) is 16.7 Å². The fraction of sp³-hybridized carbons (Fsp3) is 0.214. The van der Waals surface area contributed by atoms with Crippen LogP contribution >= 0.6 is 11.3 Å². The van der Waals surface area contributed by atoms with Crippen LogP contribution in [0, 0.1) is 13.8 Å². The number of carboxylic acid groups (broad SMARTS) is 1. The van der Waals surface area contributed by atoms with Crippen LogP contribution in [0.25, 0.3) is 0 Å². The molecule has 18 heavy (non-hydrogen) atoms. The summed E-state index contributed by atoms with van der Waals surface area (Å²) in [6.45, 7) is 3.97. The summed E-state index contributed by atoms with van der Waals surface area (Å²) < 4.78 is 0. The number of rotatable bonds is 3. The summed E-state index contributed by atoms with van der Waals surface area (Å²) in [5.41, 5.74) is 3.13. The molecule has 94 valence electrons. The van der Waals surface area contributed by atoms with Gasteiger partial charge in [0.05, 0.1) is 10.4 Å². The molecule has 0 spiro atoms. The molecule has 1 aromatic heterocycles. The molecule has 1 heterocycles. The molecule has 2 N–H and O–H groups in total. The normalized spacial score (nSPS) is 12.4. The van der Waals surface area contributed by atoms with E-state index < -0.39 is 12.1 Å². The number of aromatic carboxylic acids is 1. The number of aryl methyl sites for hydroxylation is 2. The first kappa shape index (κ1) is 12.8. The second-order valence-electron chi connectivity index (χ2n) is 4.25. The van der Waals surface area contributed by atoms with Gasteiger partial charge in [-0.1, -0.05) is 18.2 Å². The van der Waals surface area contributed by atoms with Crippen molar-refractivity contribution in [3.8, 4) is 0 Å². The summed E-state index contributed by atoms with van der Waals surface area (Å²) >= 11 is 1.26. The zero-order chi connectivity index (χ0) is 13.3. The molecule has 0 saturated heterocycles.